The van der Waals surface area contributed by atoms with E-state index in [2.05, 4.69) is 6.58 Å². The molecule has 4 heteroatoms. The van der Waals surface area contributed by atoms with Gasteiger partial charge in [-0.05, 0) is 6.42 Å². The highest BCUT2D eigenvalue weighted by molar-refractivity contribution is 5.84. The molecule has 4 nitrogen and oxygen atoms in total. The number of hydrogen-bond acceptors (Lipinski definition) is 2. The summed E-state index contributed by atoms with van der Waals surface area (Å²) in [5.74, 6) is -1.52. The molecule has 0 aromatic carbocycles. The van der Waals surface area contributed by atoms with Crippen LogP contribution in [-0.2, 0) is 9.59 Å². The second kappa shape index (κ2) is 4.49. The van der Waals surface area contributed by atoms with E-state index in [4.69, 9.17) is 11.5 Å². The third-order valence-electron chi connectivity index (χ3n) is 1.30. The molecule has 0 heterocycles. The summed E-state index contributed by atoms with van der Waals surface area (Å²) in [5, 5.41) is 0. The Balaban J connectivity index is 3.99. The zero-order valence-electron chi connectivity index (χ0n) is 6.25. The van der Waals surface area contributed by atoms with E-state index in [1.807, 2.05) is 0 Å². The quantitative estimate of drug-likeness (QED) is 0.527. The fraction of sp³-hybridized carbons (Fsp3) is 0.429. The average molecular weight is 156 g/mol. The molecule has 0 saturated carbocycles. The van der Waals surface area contributed by atoms with Crippen LogP contribution in [0.5, 0.6) is 0 Å². The molecule has 1 unspecified atom stereocenters. The van der Waals surface area contributed by atoms with Crippen molar-refractivity contribution in [1.29, 1.82) is 0 Å². The molecular formula is C7H12N2O2. The van der Waals surface area contributed by atoms with Gasteiger partial charge in [0.2, 0.25) is 11.8 Å². The summed E-state index contributed by atoms with van der Waals surface area (Å²) < 4.78 is 0. The fourth-order valence-electron chi connectivity index (χ4n) is 0.744. The maximum atomic E-state index is 10.6. The molecule has 0 aliphatic carbocycles. The van der Waals surface area contributed by atoms with Crippen molar-refractivity contribution in [1.82, 2.24) is 0 Å². The maximum absolute atomic E-state index is 10.6. The minimum Gasteiger partial charge on any atom is -0.370 e. The highest BCUT2D eigenvalue weighted by atomic mass is 16.2. The lowest BCUT2D eigenvalue weighted by molar-refractivity contribution is -0.126. The lowest BCUT2D eigenvalue weighted by Crippen LogP contribution is -2.27. The molecule has 1 atom stereocenters. The molecule has 2 amide bonds. The molecule has 4 N–H and O–H groups in total. The van der Waals surface area contributed by atoms with Gasteiger partial charge < -0.3 is 11.5 Å². The van der Waals surface area contributed by atoms with E-state index in [0.717, 1.165) is 0 Å². The summed E-state index contributed by atoms with van der Waals surface area (Å²) in [7, 11) is 0. The summed E-state index contributed by atoms with van der Waals surface area (Å²) in [6.45, 7) is 3.43. The minimum absolute atomic E-state index is 0.00134. The first-order chi connectivity index (χ1) is 5.07. The Morgan fingerprint density at radius 1 is 1.45 bits per heavy atom. The molecule has 0 aliphatic heterocycles. The topological polar surface area (TPSA) is 86.2 Å². The lowest BCUT2D eigenvalue weighted by atomic mass is 10.0. The standard InChI is InChI=1S/C7H12N2O2/c1-2-3-5(7(9)11)4-6(8)10/h2,5H,1,3-4H2,(H2,8,10)(H2,9,11). The SMILES string of the molecule is C=CCC(CC(N)=O)C(N)=O. The number of rotatable bonds is 5. The largest absolute Gasteiger partial charge is 0.370 e. The monoisotopic (exact) mass is 156 g/mol. The van der Waals surface area contributed by atoms with E-state index in [1.54, 1.807) is 6.08 Å². The Morgan fingerprint density at radius 3 is 2.27 bits per heavy atom. The van der Waals surface area contributed by atoms with Crippen LogP contribution >= 0.6 is 0 Å². The van der Waals surface area contributed by atoms with E-state index < -0.39 is 17.7 Å². The van der Waals surface area contributed by atoms with Crippen LogP contribution in [0.3, 0.4) is 0 Å². The molecular weight excluding hydrogens is 144 g/mol. The first kappa shape index (κ1) is 9.68. The van der Waals surface area contributed by atoms with E-state index in [1.165, 1.54) is 0 Å². The van der Waals surface area contributed by atoms with Gasteiger partial charge in [-0.25, -0.2) is 0 Å². The third-order valence-corrected chi connectivity index (χ3v) is 1.30. The van der Waals surface area contributed by atoms with Gasteiger partial charge in [-0.15, -0.1) is 6.58 Å². The first-order valence-electron chi connectivity index (χ1n) is 3.26. The number of hydrogen-bond donors (Lipinski definition) is 2. The van der Waals surface area contributed by atoms with E-state index >= 15 is 0 Å². The second-order valence-electron chi connectivity index (χ2n) is 2.29. The molecule has 0 aromatic rings. The number of primary amides is 2. The summed E-state index contributed by atoms with van der Waals surface area (Å²) in [5.41, 5.74) is 9.86. The summed E-state index contributed by atoms with van der Waals surface area (Å²) in [6.07, 6.45) is 1.94. The van der Waals surface area contributed by atoms with Gasteiger partial charge >= 0.3 is 0 Å². The molecule has 0 aliphatic rings. The van der Waals surface area contributed by atoms with Gasteiger partial charge in [0, 0.05) is 12.3 Å². The number of carbonyl (C=O) groups excluding carboxylic acids is 2. The number of allylic oxidation sites excluding steroid dienone is 1. The van der Waals surface area contributed by atoms with Crippen molar-refractivity contribution in [3.8, 4) is 0 Å². The van der Waals surface area contributed by atoms with Crippen molar-refractivity contribution >= 4 is 11.8 Å². The number of nitrogens with two attached hydrogens (primary N) is 2. The highest BCUT2D eigenvalue weighted by Gasteiger charge is 2.15. The lowest BCUT2D eigenvalue weighted by Gasteiger charge is -2.06. The van der Waals surface area contributed by atoms with Crippen LogP contribution in [0.15, 0.2) is 12.7 Å². The Bertz CT molecular complexity index is 177. The van der Waals surface area contributed by atoms with Gasteiger partial charge in [-0.1, -0.05) is 6.08 Å². The number of carbonyl (C=O) groups is 2. The molecule has 0 spiro atoms. The van der Waals surface area contributed by atoms with Crippen LogP contribution in [0.4, 0.5) is 0 Å². The maximum Gasteiger partial charge on any atom is 0.221 e. The van der Waals surface area contributed by atoms with E-state index in [-0.39, 0.29) is 6.42 Å². The van der Waals surface area contributed by atoms with Crippen molar-refractivity contribution in [2.45, 2.75) is 12.8 Å². The Kier molecular flexibility index (Phi) is 3.95. The van der Waals surface area contributed by atoms with Crippen molar-refractivity contribution in [3.63, 3.8) is 0 Å². The summed E-state index contributed by atoms with van der Waals surface area (Å²) in [4.78, 5) is 21.0. The van der Waals surface area contributed by atoms with Crippen molar-refractivity contribution in [2.24, 2.45) is 17.4 Å². The van der Waals surface area contributed by atoms with Crippen molar-refractivity contribution in [3.05, 3.63) is 12.7 Å². The molecule has 0 rings (SSSR count). The second-order valence-corrected chi connectivity index (χ2v) is 2.29. The van der Waals surface area contributed by atoms with Gasteiger partial charge in [0.25, 0.3) is 0 Å². The highest BCUT2D eigenvalue weighted by Crippen LogP contribution is 2.07. The molecule has 0 radical (unpaired) electrons. The summed E-state index contributed by atoms with van der Waals surface area (Å²) >= 11 is 0. The Hall–Kier alpha value is -1.32. The first-order valence-corrected chi connectivity index (χ1v) is 3.26. The minimum atomic E-state index is -0.518. The molecule has 11 heavy (non-hydrogen) atoms. The molecule has 0 saturated heterocycles. The molecule has 0 bridgehead atoms. The van der Waals surface area contributed by atoms with Crippen LogP contribution in [-0.4, -0.2) is 11.8 Å². The van der Waals surface area contributed by atoms with E-state index in [0.29, 0.717) is 6.42 Å². The number of amides is 2. The van der Waals surface area contributed by atoms with Gasteiger partial charge in [0.05, 0.1) is 0 Å². The molecule has 0 fully saturated rings. The molecule has 0 aromatic heterocycles. The van der Waals surface area contributed by atoms with Crippen LogP contribution in [0.1, 0.15) is 12.8 Å². The van der Waals surface area contributed by atoms with Crippen LogP contribution in [0, 0.1) is 5.92 Å². The van der Waals surface area contributed by atoms with Crippen LogP contribution in [0.25, 0.3) is 0 Å². The van der Waals surface area contributed by atoms with E-state index in [9.17, 15) is 9.59 Å². The van der Waals surface area contributed by atoms with Crippen LogP contribution in [0.2, 0.25) is 0 Å². The van der Waals surface area contributed by atoms with Gasteiger partial charge in [-0.3, -0.25) is 9.59 Å². The smallest absolute Gasteiger partial charge is 0.221 e. The third kappa shape index (κ3) is 4.13. The zero-order chi connectivity index (χ0) is 8.85. The predicted octanol–water partition coefficient (Wildman–Crippen LogP) is -0.461. The normalized spacial score (nSPS) is 12.0. The van der Waals surface area contributed by atoms with Crippen molar-refractivity contribution in [2.75, 3.05) is 0 Å². The van der Waals surface area contributed by atoms with Gasteiger partial charge in [0.1, 0.15) is 0 Å². The van der Waals surface area contributed by atoms with Gasteiger partial charge in [-0.2, -0.15) is 0 Å². The molecule has 62 valence electrons. The Labute approximate surface area is 65.2 Å². The average Bonchev–Trinajstić information content (AvgIpc) is 1.86. The summed E-state index contributed by atoms with van der Waals surface area (Å²) in [6, 6.07) is 0. The predicted molar refractivity (Wildman–Crippen MR) is 41.3 cm³/mol. The van der Waals surface area contributed by atoms with Crippen molar-refractivity contribution < 1.29 is 9.59 Å². The Morgan fingerprint density at radius 2 is 2.00 bits per heavy atom. The van der Waals surface area contributed by atoms with Gasteiger partial charge in [0.15, 0.2) is 0 Å². The fourth-order valence-corrected chi connectivity index (χ4v) is 0.744. The van der Waals surface area contributed by atoms with Crippen LogP contribution < -0.4 is 11.5 Å². The zero-order valence-corrected chi connectivity index (χ0v) is 6.25.